The van der Waals surface area contributed by atoms with Gasteiger partial charge in [-0.2, -0.15) is 0 Å². The summed E-state index contributed by atoms with van der Waals surface area (Å²) in [6.07, 6.45) is 10.3. The van der Waals surface area contributed by atoms with Crippen molar-refractivity contribution in [3.05, 3.63) is 29.3 Å². The Morgan fingerprint density at radius 3 is 2.48 bits per heavy atom. The molecule has 3 rings (SSSR count). The summed E-state index contributed by atoms with van der Waals surface area (Å²) in [6.45, 7) is 1.74. The van der Waals surface area contributed by atoms with Crippen LogP contribution in [0.15, 0.2) is 18.2 Å². The number of nitrogens with zero attached hydrogens (tertiary/aromatic N) is 1. The summed E-state index contributed by atoms with van der Waals surface area (Å²) in [5, 5.41) is 11.5. The number of carboxylic acid groups (broad SMARTS) is 1. The first-order chi connectivity index (χ1) is 15.1. The fourth-order valence-corrected chi connectivity index (χ4v) is 4.39. The third-order valence-corrected chi connectivity index (χ3v) is 6.13. The molecule has 1 saturated heterocycles. The van der Waals surface area contributed by atoms with Crippen molar-refractivity contribution in [1.29, 1.82) is 0 Å². The van der Waals surface area contributed by atoms with Gasteiger partial charge in [-0.15, -0.1) is 0 Å². The van der Waals surface area contributed by atoms with Crippen LogP contribution in [0.1, 0.15) is 86.6 Å². The van der Waals surface area contributed by atoms with Crippen LogP contribution in [-0.2, 0) is 16.1 Å². The first-order valence-electron chi connectivity index (χ1n) is 11.6. The molecular weight excluding hydrogens is 396 g/mol. The van der Waals surface area contributed by atoms with Crippen molar-refractivity contribution in [2.75, 3.05) is 13.2 Å². The number of ether oxygens (including phenoxy) is 1. The van der Waals surface area contributed by atoms with Gasteiger partial charge in [0.2, 0.25) is 5.91 Å². The molecule has 0 radical (unpaired) electrons. The second-order valence-electron chi connectivity index (χ2n) is 8.48. The number of piperidine rings is 1. The molecule has 7 nitrogen and oxygen atoms in total. The highest BCUT2D eigenvalue weighted by molar-refractivity contribution is 6.01. The molecule has 1 fully saturated rings. The van der Waals surface area contributed by atoms with Crippen molar-refractivity contribution in [3.8, 4) is 5.75 Å². The van der Waals surface area contributed by atoms with E-state index in [9.17, 15) is 14.4 Å². The number of benzene rings is 1. The second-order valence-corrected chi connectivity index (χ2v) is 8.48. The molecule has 2 N–H and O–H groups in total. The van der Waals surface area contributed by atoms with Crippen LogP contribution >= 0.6 is 0 Å². The number of fused-ring (bicyclic) bond motifs is 1. The lowest BCUT2D eigenvalue weighted by Gasteiger charge is -2.30. The van der Waals surface area contributed by atoms with Crippen LogP contribution < -0.4 is 10.1 Å². The van der Waals surface area contributed by atoms with E-state index in [0.717, 1.165) is 62.7 Å². The van der Waals surface area contributed by atoms with E-state index in [-0.39, 0.29) is 24.3 Å². The maximum atomic E-state index is 12.8. The van der Waals surface area contributed by atoms with Crippen molar-refractivity contribution >= 4 is 17.8 Å². The molecule has 2 heterocycles. The molecule has 2 amide bonds. The van der Waals surface area contributed by atoms with E-state index in [1.54, 1.807) is 4.90 Å². The first kappa shape index (κ1) is 23.1. The molecule has 0 bridgehead atoms. The molecule has 0 spiro atoms. The summed E-state index contributed by atoms with van der Waals surface area (Å²) in [7, 11) is 0. The largest absolute Gasteiger partial charge is 0.493 e. The quantitative estimate of drug-likeness (QED) is 0.463. The Labute approximate surface area is 184 Å². The topological polar surface area (TPSA) is 95.9 Å². The highest BCUT2D eigenvalue weighted by Crippen LogP contribution is 2.33. The van der Waals surface area contributed by atoms with Crippen LogP contribution in [0.3, 0.4) is 0 Å². The fourth-order valence-electron chi connectivity index (χ4n) is 4.39. The van der Waals surface area contributed by atoms with Crippen LogP contribution in [0, 0.1) is 0 Å². The average Bonchev–Trinajstić information content (AvgIpc) is 3.09. The van der Waals surface area contributed by atoms with Crippen molar-refractivity contribution in [2.45, 2.75) is 83.2 Å². The van der Waals surface area contributed by atoms with Crippen molar-refractivity contribution in [2.24, 2.45) is 0 Å². The maximum absolute atomic E-state index is 12.8. The zero-order valence-electron chi connectivity index (χ0n) is 18.2. The smallest absolute Gasteiger partial charge is 0.303 e. The number of carbonyl (C=O) groups is 3. The number of rotatable bonds is 13. The number of nitrogens with one attached hydrogen (secondary N) is 1. The van der Waals surface area contributed by atoms with Gasteiger partial charge in [0.15, 0.2) is 0 Å². The van der Waals surface area contributed by atoms with Crippen molar-refractivity contribution in [1.82, 2.24) is 10.2 Å². The van der Waals surface area contributed by atoms with Crippen LogP contribution in [0.5, 0.6) is 5.75 Å². The number of carbonyl (C=O) groups excluding carboxylic acids is 2. The summed E-state index contributed by atoms with van der Waals surface area (Å²) in [6, 6.07) is 5.20. The lowest BCUT2D eigenvalue weighted by molar-refractivity contribution is -0.137. The Balaban J connectivity index is 1.36. The molecule has 1 aromatic rings. The first-order valence-corrected chi connectivity index (χ1v) is 11.6. The number of aliphatic carboxylic acids is 1. The van der Waals surface area contributed by atoms with Gasteiger partial charge >= 0.3 is 5.97 Å². The standard InChI is InChI=1S/C24H34N2O5/c27-22(28)14-7-5-3-1-2-4-6-8-16-31-21-13-9-11-18-19(21)17-26(24(18)30)20-12-10-15-25-23(20)29/h9,11,13,20H,1-8,10,12,14-17H2,(H,25,29)(H,27,28). The second kappa shape index (κ2) is 11.7. The van der Waals surface area contributed by atoms with Gasteiger partial charge in [-0.25, -0.2) is 0 Å². The predicted octanol–water partition coefficient (Wildman–Crippen LogP) is 3.90. The van der Waals surface area contributed by atoms with E-state index >= 15 is 0 Å². The summed E-state index contributed by atoms with van der Waals surface area (Å²) in [5.41, 5.74) is 1.55. The van der Waals surface area contributed by atoms with E-state index in [1.807, 2.05) is 18.2 Å². The minimum atomic E-state index is -0.708. The normalized spacial score (nSPS) is 18.1. The van der Waals surface area contributed by atoms with Crippen LogP contribution in [0.4, 0.5) is 0 Å². The molecule has 1 unspecified atom stereocenters. The number of carboxylic acids is 1. The molecule has 1 aromatic carbocycles. The lowest BCUT2D eigenvalue weighted by Crippen LogP contribution is -2.50. The summed E-state index contributed by atoms with van der Waals surface area (Å²) >= 11 is 0. The van der Waals surface area contributed by atoms with Gasteiger partial charge in [0.1, 0.15) is 11.8 Å². The van der Waals surface area contributed by atoms with Crippen molar-refractivity contribution < 1.29 is 24.2 Å². The summed E-state index contributed by atoms with van der Waals surface area (Å²) in [5.74, 6) is -0.0915. The van der Waals surface area contributed by atoms with Crippen molar-refractivity contribution in [3.63, 3.8) is 0 Å². The number of hydrogen-bond acceptors (Lipinski definition) is 4. The summed E-state index contributed by atoms with van der Waals surface area (Å²) in [4.78, 5) is 37.2. The molecule has 2 aliphatic heterocycles. The SMILES string of the molecule is O=C(O)CCCCCCCCCCOc1cccc2c1CN(C1CCCNC1=O)C2=O. The van der Waals surface area contributed by atoms with Gasteiger partial charge < -0.3 is 20.1 Å². The average molecular weight is 431 g/mol. The minimum Gasteiger partial charge on any atom is -0.493 e. The predicted molar refractivity (Wildman–Crippen MR) is 117 cm³/mol. The minimum absolute atomic E-state index is 0.0586. The highest BCUT2D eigenvalue weighted by atomic mass is 16.5. The van der Waals surface area contributed by atoms with Crippen LogP contribution in [0.2, 0.25) is 0 Å². The van der Waals surface area contributed by atoms with Gasteiger partial charge in [0.25, 0.3) is 5.91 Å². The third-order valence-electron chi connectivity index (χ3n) is 6.13. The molecule has 0 saturated carbocycles. The number of amides is 2. The van der Waals surface area contributed by atoms with Gasteiger partial charge in [0.05, 0.1) is 13.2 Å². The molecule has 170 valence electrons. The van der Waals surface area contributed by atoms with E-state index in [1.165, 1.54) is 6.42 Å². The highest BCUT2D eigenvalue weighted by Gasteiger charge is 2.38. The maximum Gasteiger partial charge on any atom is 0.303 e. The molecule has 1 atom stereocenters. The van der Waals surface area contributed by atoms with E-state index in [0.29, 0.717) is 31.7 Å². The molecule has 0 aromatic heterocycles. The molecule has 7 heteroatoms. The van der Waals surface area contributed by atoms with Gasteiger partial charge in [-0.05, 0) is 37.8 Å². The third kappa shape index (κ3) is 6.45. The van der Waals surface area contributed by atoms with Crippen LogP contribution in [0.25, 0.3) is 0 Å². The van der Waals surface area contributed by atoms with Gasteiger partial charge in [-0.3, -0.25) is 14.4 Å². The number of hydrogen-bond donors (Lipinski definition) is 2. The fraction of sp³-hybridized carbons (Fsp3) is 0.625. The number of unbranched alkanes of at least 4 members (excludes halogenated alkanes) is 7. The van der Waals surface area contributed by atoms with Crippen LogP contribution in [-0.4, -0.2) is 47.0 Å². The summed E-state index contributed by atoms with van der Waals surface area (Å²) < 4.78 is 6.01. The lowest BCUT2D eigenvalue weighted by atomic mass is 10.1. The monoisotopic (exact) mass is 430 g/mol. The molecule has 31 heavy (non-hydrogen) atoms. The van der Waals surface area contributed by atoms with E-state index in [2.05, 4.69) is 5.32 Å². The Kier molecular flexibility index (Phi) is 8.74. The molecular formula is C24H34N2O5. The molecule has 2 aliphatic rings. The Morgan fingerprint density at radius 2 is 1.77 bits per heavy atom. The van der Waals surface area contributed by atoms with Gasteiger partial charge in [0, 0.05) is 24.1 Å². The van der Waals surface area contributed by atoms with E-state index in [4.69, 9.17) is 9.84 Å². The molecule has 0 aliphatic carbocycles. The Hall–Kier alpha value is -2.57. The van der Waals surface area contributed by atoms with E-state index < -0.39 is 5.97 Å². The zero-order chi connectivity index (χ0) is 22.1. The zero-order valence-corrected chi connectivity index (χ0v) is 18.2. The van der Waals surface area contributed by atoms with Gasteiger partial charge in [-0.1, -0.05) is 44.6 Å². The Morgan fingerprint density at radius 1 is 1.06 bits per heavy atom. The Bertz CT molecular complexity index is 779.